The summed E-state index contributed by atoms with van der Waals surface area (Å²) in [5, 5.41) is 4.56. The first-order chi connectivity index (χ1) is 12.9. The highest BCUT2D eigenvalue weighted by molar-refractivity contribution is 6.04. The van der Waals surface area contributed by atoms with Crippen LogP contribution in [0.3, 0.4) is 0 Å². The van der Waals surface area contributed by atoms with E-state index in [1.807, 2.05) is 0 Å². The Hall–Kier alpha value is -2.97. The number of likely N-dealkylation sites (tertiary alicyclic amines) is 1. The van der Waals surface area contributed by atoms with Gasteiger partial charge in [0, 0.05) is 25.4 Å². The van der Waals surface area contributed by atoms with Crippen molar-refractivity contribution >= 4 is 23.8 Å². The van der Waals surface area contributed by atoms with E-state index in [2.05, 4.69) is 10.6 Å². The van der Waals surface area contributed by atoms with E-state index in [1.54, 1.807) is 17.0 Å². The number of urea groups is 1. The number of hydrogen-bond acceptors (Lipinski definition) is 5. The highest BCUT2D eigenvalue weighted by Gasteiger charge is 2.41. The lowest BCUT2D eigenvalue weighted by Gasteiger charge is -2.17. The van der Waals surface area contributed by atoms with Crippen LogP contribution in [0.2, 0.25) is 0 Å². The average Bonchev–Trinajstić information content (AvgIpc) is 3.23. The van der Waals surface area contributed by atoms with Crippen molar-refractivity contribution in [2.24, 2.45) is 5.92 Å². The Morgan fingerprint density at radius 2 is 1.93 bits per heavy atom. The number of nitrogens with one attached hydrogen (secondary N) is 2. The minimum atomic E-state index is -0.728. The molecule has 0 bridgehead atoms. The van der Waals surface area contributed by atoms with Crippen LogP contribution >= 0.6 is 0 Å². The summed E-state index contributed by atoms with van der Waals surface area (Å²) in [6.07, 6.45) is 0.236. The van der Waals surface area contributed by atoms with Gasteiger partial charge in [-0.15, -0.1) is 0 Å². The largest absolute Gasteiger partial charge is 0.469 e. The van der Waals surface area contributed by atoms with Gasteiger partial charge in [0.2, 0.25) is 5.91 Å². The van der Waals surface area contributed by atoms with Gasteiger partial charge in [0.25, 0.3) is 5.91 Å². The number of carbonyl (C=O) groups excluding carboxylic acids is 4. The molecule has 2 heterocycles. The number of halogens is 1. The van der Waals surface area contributed by atoms with E-state index in [0.717, 1.165) is 5.56 Å². The summed E-state index contributed by atoms with van der Waals surface area (Å²) >= 11 is 0. The number of amides is 4. The molecule has 8 nitrogen and oxygen atoms in total. The Bertz CT molecular complexity index is 767. The first-order valence-electron chi connectivity index (χ1n) is 8.61. The predicted molar refractivity (Wildman–Crippen MR) is 90.9 cm³/mol. The van der Waals surface area contributed by atoms with Crippen molar-refractivity contribution in [2.75, 3.05) is 20.2 Å². The summed E-state index contributed by atoms with van der Waals surface area (Å²) in [6, 6.07) is 4.53. The third-order valence-electron chi connectivity index (χ3n) is 4.98. The van der Waals surface area contributed by atoms with Gasteiger partial charge in [-0.3, -0.25) is 19.7 Å². The van der Waals surface area contributed by atoms with Gasteiger partial charge >= 0.3 is 12.0 Å². The molecule has 0 spiro atoms. The molecule has 2 fully saturated rings. The summed E-state index contributed by atoms with van der Waals surface area (Å²) in [6.45, 7) is 0.490. The van der Waals surface area contributed by atoms with Crippen molar-refractivity contribution in [3.05, 3.63) is 35.6 Å². The monoisotopic (exact) mass is 377 g/mol. The highest BCUT2D eigenvalue weighted by atomic mass is 19.1. The molecule has 0 saturated carbocycles. The molecule has 27 heavy (non-hydrogen) atoms. The molecule has 4 amide bonds. The normalized spacial score (nSPS) is 24.5. The molecule has 2 aliphatic heterocycles. The summed E-state index contributed by atoms with van der Waals surface area (Å²) in [5.41, 5.74) is 0.754. The second-order valence-corrected chi connectivity index (χ2v) is 6.64. The Morgan fingerprint density at radius 3 is 2.52 bits per heavy atom. The number of nitrogens with zero attached hydrogens (tertiary/aromatic N) is 1. The van der Waals surface area contributed by atoms with E-state index in [0.29, 0.717) is 6.54 Å². The van der Waals surface area contributed by atoms with Crippen LogP contribution in [0.4, 0.5) is 9.18 Å². The molecular formula is C18H20FN3O5. The molecule has 0 aliphatic carbocycles. The first-order valence-corrected chi connectivity index (χ1v) is 8.61. The number of esters is 1. The zero-order valence-electron chi connectivity index (χ0n) is 14.7. The fourth-order valence-electron chi connectivity index (χ4n) is 3.53. The number of rotatable bonds is 5. The Kier molecular flexibility index (Phi) is 5.38. The van der Waals surface area contributed by atoms with E-state index in [1.165, 1.54) is 19.2 Å². The zero-order chi connectivity index (χ0) is 19.6. The first kappa shape index (κ1) is 18.8. The van der Waals surface area contributed by atoms with Gasteiger partial charge in [0.15, 0.2) is 0 Å². The predicted octanol–water partition coefficient (Wildman–Crippen LogP) is 0.529. The number of hydrogen-bond donors (Lipinski definition) is 2. The van der Waals surface area contributed by atoms with Crippen LogP contribution in [-0.4, -0.2) is 55.0 Å². The van der Waals surface area contributed by atoms with Gasteiger partial charge in [0.05, 0.1) is 13.0 Å². The molecule has 9 heteroatoms. The summed E-state index contributed by atoms with van der Waals surface area (Å²) in [5.74, 6) is -2.32. The second kappa shape index (κ2) is 7.73. The van der Waals surface area contributed by atoms with Crippen molar-refractivity contribution in [3.63, 3.8) is 0 Å². The van der Waals surface area contributed by atoms with Crippen LogP contribution in [0.5, 0.6) is 0 Å². The molecular weight excluding hydrogens is 357 g/mol. The van der Waals surface area contributed by atoms with Gasteiger partial charge in [-0.2, -0.15) is 0 Å². The highest BCUT2D eigenvalue weighted by Crippen LogP contribution is 2.34. The summed E-state index contributed by atoms with van der Waals surface area (Å²) in [4.78, 5) is 48.9. The lowest BCUT2D eigenvalue weighted by molar-refractivity contribution is -0.145. The van der Waals surface area contributed by atoms with Crippen LogP contribution in [0, 0.1) is 11.7 Å². The molecule has 2 aliphatic rings. The molecule has 1 aromatic rings. The van der Waals surface area contributed by atoms with Crippen LogP contribution in [-0.2, 0) is 19.1 Å². The molecule has 2 N–H and O–H groups in total. The van der Waals surface area contributed by atoms with Gasteiger partial charge in [-0.1, -0.05) is 12.1 Å². The number of benzene rings is 1. The maximum atomic E-state index is 13.2. The van der Waals surface area contributed by atoms with Crippen molar-refractivity contribution in [3.8, 4) is 0 Å². The maximum absolute atomic E-state index is 13.2. The third kappa shape index (κ3) is 4.07. The fourth-order valence-corrected chi connectivity index (χ4v) is 3.53. The molecule has 144 valence electrons. The summed E-state index contributed by atoms with van der Waals surface area (Å²) < 4.78 is 18.0. The van der Waals surface area contributed by atoms with Crippen molar-refractivity contribution in [1.82, 2.24) is 15.5 Å². The van der Waals surface area contributed by atoms with Gasteiger partial charge in [-0.25, -0.2) is 9.18 Å². The number of ether oxygens (including phenoxy) is 1. The topological polar surface area (TPSA) is 105 Å². The molecule has 1 aromatic carbocycles. The van der Waals surface area contributed by atoms with Crippen LogP contribution in [0.25, 0.3) is 0 Å². The van der Waals surface area contributed by atoms with E-state index < -0.39 is 29.9 Å². The Balaban J connectivity index is 1.66. The SMILES string of the molecule is COC(=O)[C@H]1CN(C(=O)CC[C@H]2NC(=O)NC2=O)C[C@@H]1c1ccc(F)cc1. The number of imide groups is 1. The maximum Gasteiger partial charge on any atom is 0.322 e. The van der Waals surface area contributed by atoms with Gasteiger partial charge in [-0.05, 0) is 24.1 Å². The van der Waals surface area contributed by atoms with E-state index in [-0.39, 0.29) is 37.0 Å². The quantitative estimate of drug-likeness (QED) is 0.575. The smallest absolute Gasteiger partial charge is 0.322 e. The van der Waals surface area contributed by atoms with Crippen molar-refractivity contribution in [2.45, 2.75) is 24.8 Å². The molecule has 0 radical (unpaired) electrons. The lowest BCUT2D eigenvalue weighted by atomic mass is 9.89. The lowest BCUT2D eigenvalue weighted by Crippen LogP contribution is -2.34. The minimum absolute atomic E-state index is 0.0579. The van der Waals surface area contributed by atoms with Crippen molar-refractivity contribution < 1.29 is 28.3 Å². The molecule has 3 rings (SSSR count). The summed E-state index contributed by atoms with van der Waals surface area (Å²) in [7, 11) is 1.29. The van der Waals surface area contributed by atoms with Crippen LogP contribution < -0.4 is 10.6 Å². The van der Waals surface area contributed by atoms with E-state index in [4.69, 9.17) is 4.74 Å². The Labute approximate surface area is 155 Å². The molecule has 0 aromatic heterocycles. The molecule has 2 saturated heterocycles. The van der Waals surface area contributed by atoms with Crippen molar-refractivity contribution in [1.29, 1.82) is 0 Å². The second-order valence-electron chi connectivity index (χ2n) is 6.64. The molecule has 0 unspecified atom stereocenters. The average molecular weight is 377 g/mol. The number of methoxy groups -OCH3 is 1. The Morgan fingerprint density at radius 1 is 1.22 bits per heavy atom. The van der Waals surface area contributed by atoms with E-state index >= 15 is 0 Å². The van der Waals surface area contributed by atoms with E-state index in [9.17, 15) is 23.6 Å². The van der Waals surface area contributed by atoms with Crippen LogP contribution in [0.1, 0.15) is 24.3 Å². The fraction of sp³-hybridized carbons (Fsp3) is 0.444. The molecule has 3 atom stereocenters. The standard InChI is InChI=1S/C18H20FN3O5/c1-27-17(25)13-9-22(8-12(13)10-2-4-11(19)5-3-10)15(23)7-6-14-16(24)21-18(26)20-14/h2-5,12-14H,6-9H2,1H3,(H2,20,21,24,26)/t12-,13+,14-/m1/s1. The van der Waals surface area contributed by atoms with Gasteiger partial charge in [0.1, 0.15) is 11.9 Å². The zero-order valence-corrected chi connectivity index (χ0v) is 14.7. The van der Waals surface area contributed by atoms with Crippen LogP contribution in [0.15, 0.2) is 24.3 Å². The van der Waals surface area contributed by atoms with Gasteiger partial charge < -0.3 is 15.0 Å². The minimum Gasteiger partial charge on any atom is -0.469 e. The third-order valence-corrected chi connectivity index (χ3v) is 4.98. The number of carbonyl (C=O) groups is 4.